The lowest BCUT2D eigenvalue weighted by Gasteiger charge is -2.08. The molecule has 1 rings (SSSR count). The van der Waals surface area contributed by atoms with Gasteiger partial charge in [0.25, 0.3) is 0 Å². The Morgan fingerprint density at radius 3 is 2.62 bits per heavy atom. The fourth-order valence-electron chi connectivity index (χ4n) is 1.44. The fourth-order valence-corrected chi connectivity index (χ4v) is 1.67. The van der Waals surface area contributed by atoms with Crippen molar-refractivity contribution >= 4 is 17.4 Å². The Bertz CT molecular complexity index is 372. The van der Waals surface area contributed by atoms with Crippen LogP contribution in [-0.2, 0) is 0 Å². The van der Waals surface area contributed by atoms with E-state index < -0.39 is 0 Å². The monoisotopic (exact) mass is 240 g/mol. The van der Waals surface area contributed by atoms with Gasteiger partial charge in [0.05, 0.1) is 11.6 Å². The van der Waals surface area contributed by atoms with E-state index in [2.05, 4.69) is 0 Å². The molecule has 0 atom stereocenters. The van der Waals surface area contributed by atoms with E-state index in [1.807, 2.05) is 20.8 Å². The molecule has 0 fully saturated rings. The van der Waals surface area contributed by atoms with Crippen LogP contribution in [0.15, 0.2) is 18.2 Å². The van der Waals surface area contributed by atoms with Crippen LogP contribution in [-0.4, -0.2) is 12.4 Å². The molecule has 0 aliphatic rings. The molecule has 0 heterocycles. The molecule has 0 amide bonds. The third-order valence-corrected chi connectivity index (χ3v) is 2.44. The zero-order valence-electron chi connectivity index (χ0n) is 9.92. The molecule has 0 aliphatic heterocycles. The molecule has 2 nitrogen and oxygen atoms in total. The van der Waals surface area contributed by atoms with Gasteiger partial charge in [-0.15, -0.1) is 0 Å². The summed E-state index contributed by atoms with van der Waals surface area (Å²) >= 11 is 6.01. The summed E-state index contributed by atoms with van der Waals surface area (Å²) in [5.41, 5.74) is 0.655. The number of halogens is 1. The van der Waals surface area contributed by atoms with Gasteiger partial charge in [-0.3, -0.25) is 4.79 Å². The van der Waals surface area contributed by atoms with Crippen LogP contribution in [0.1, 0.15) is 37.6 Å². The quantitative estimate of drug-likeness (QED) is 0.728. The van der Waals surface area contributed by atoms with Gasteiger partial charge >= 0.3 is 0 Å². The van der Waals surface area contributed by atoms with Gasteiger partial charge in [-0.05, 0) is 31.0 Å². The van der Waals surface area contributed by atoms with Crippen molar-refractivity contribution in [2.75, 3.05) is 6.61 Å². The smallest absolute Gasteiger partial charge is 0.163 e. The maximum absolute atomic E-state index is 11.8. The normalized spacial score (nSPS) is 10.6. The molecule has 1 aromatic rings. The number of ether oxygens (including phenoxy) is 1. The molecule has 0 unspecified atom stereocenters. The number of benzene rings is 1. The van der Waals surface area contributed by atoms with Crippen molar-refractivity contribution in [3.8, 4) is 5.75 Å². The molecule has 1 aromatic carbocycles. The van der Waals surface area contributed by atoms with Crippen molar-refractivity contribution in [1.82, 2.24) is 0 Å². The summed E-state index contributed by atoms with van der Waals surface area (Å²) in [6.45, 7) is 6.51. The molecule has 88 valence electrons. The fraction of sp³-hybridized carbons (Fsp3) is 0.462. The third kappa shape index (κ3) is 3.53. The van der Waals surface area contributed by atoms with Crippen molar-refractivity contribution in [2.24, 2.45) is 5.92 Å². The van der Waals surface area contributed by atoms with E-state index in [0.29, 0.717) is 35.3 Å². The van der Waals surface area contributed by atoms with E-state index >= 15 is 0 Å². The van der Waals surface area contributed by atoms with Gasteiger partial charge in [-0.1, -0.05) is 25.4 Å². The standard InChI is InChI=1S/C13H17ClO2/c1-4-16-13-6-5-10(8-11(13)14)12(15)7-9(2)3/h5-6,8-9H,4,7H2,1-3H3. The average Bonchev–Trinajstić information content (AvgIpc) is 2.20. The number of Topliss-reactive ketones (excluding diaryl/α,β-unsaturated/α-hetero) is 1. The van der Waals surface area contributed by atoms with Crippen LogP contribution in [0.3, 0.4) is 0 Å². The molecule has 0 N–H and O–H groups in total. The zero-order chi connectivity index (χ0) is 12.1. The first-order valence-corrected chi connectivity index (χ1v) is 5.88. The lowest BCUT2D eigenvalue weighted by Crippen LogP contribution is -2.03. The Kier molecular flexibility index (Phi) is 4.81. The molecule has 0 saturated carbocycles. The van der Waals surface area contributed by atoms with Crippen molar-refractivity contribution in [3.63, 3.8) is 0 Å². The first-order valence-electron chi connectivity index (χ1n) is 5.50. The molecule has 0 aliphatic carbocycles. The van der Waals surface area contributed by atoms with Crippen LogP contribution in [0.25, 0.3) is 0 Å². The topological polar surface area (TPSA) is 26.3 Å². The van der Waals surface area contributed by atoms with Crippen LogP contribution < -0.4 is 4.74 Å². The predicted molar refractivity (Wildman–Crippen MR) is 66.4 cm³/mol. The Hall–Kier alpha value is -1.02. The molecular weight excluding hydrogens is 224 g/mol. The van der Waals surface area contributed by atoms with Crippen LogP contribution in [0.5, 0.6) is 5.75 Å². The van der Waals surface area contributed by atoms with Gasteiger partial charge in [-0.2, -0.15) is 0 Å². The Morgan fingerprint density at radius 2 is 2.12 bits per heavy atom. The first-order chi connectivity index (χ1) is 7.54. The number of ketones is 1. The minimum atomic E-state index is 0.125. The van der Waals surface area contributed by atoms with Gasteiger partial charge in [-0.25, -0.2) is 0 Å². The minimum absolute atomic E-state index is 0.125. The highest BCUT2D eigenvalue weighted by Gasteiger charge is 2.10. The summed E-state index contributed by atoms with van der Waals surface area (Å²) in [6, 6.07) is 5.19. The molecule has 0 aromatic heterocycles. The minimum Gasteiger partial charge on any atom is -0.492 e. The highest BCUT2D eigenvalue weighted by atomic mass is 35.5. The second kappa shape index (κ2) is 5.90. The third-order valence-electron chi connectivity index (χ3n) is 2.15. The van der Waals surface area contributed by atoms with Crippen molar-refractivity contribution in [1.29, 1.82) is 0 Å². The largest absolute Gasteiger partial charge is 0.492 e. The number of rotatable bonds is 5. The van der Waals surface area contributed by atoms with Gasteiger partial charge in [0.15, 0.2) is 5.78 Å². The summed E-state index contributed by atoms with van der Waals surface area (Å²) < 4.78 is 5.31. The van der Waals surface area contributed by atoms with E-state index in [0.717, 1.165) is 0 Å². The van der Waals surface area contributed by atoms with Crippen molar-refractivity contribution < 1.29 is 9.53 Å². The summed E-state index contributed by atoms with van der Waals surface area (Å²) in [5, 5.41) is 0.497. The number of hydrogen-bond donors (Lipinski definition) is 0. The molecule has 0 saturated heterocycles. The molecule has 0 bridgehead atoms. The maximum atomic E-state index is 11.8. The summed E-state index contributed by atoms with van der Waals surface area (Å²) in [4.78, 5) is 11.8. The van der Waals surface area contributed by atoms with E-state index in [1.165, 1.54) is 0 Å². The predicted octanol–water partition coefficient (Wildman–Crippen LogP) is 3.97. The number of hydrogen-bond acceptors (Lipinski definition) is 2. The van der Waals surface area contributed by atoms with E-state index in [-0.39, 0.29) is 5.78 Å². The Balaban J connectivity index is 2.84. The SMILES string of the molecule is CCOc1ccc(C(=O)CC(C)C)cc1Cl. The van der Waals surface area contributed by atoms with Crippen molar-refractivity contribution in [3.05, 3.63) is 28.8 Å². The summed E-state index contributed by atoms with van der Waals surface area (Å²) in [7, 11) is 0. The highest BCUT2D eigenvalue weighted by molar-refractivity contribution is 6.32. The van der Waals surface area contributed by atoms with Crippen LogP contribution in [0.4, 0.5) is 0 Å². The summed E-state index contributed by atoms with van der Waals surface area (Å²) in [6.07, 6.45) is 0.546. The maximum Gasteiger partial charge on any atom is 0.163 e. The highest BCUT2D eigenvalue weighted by Crippen LogP contribution is 2.26. The first kappa shape index (κ1) is 13.0. The molecule has 0 radical (unpaired) electrons. The van der Waals surface area contributed by atoms with Gasteiger partial charge < -0.3 is 4.74 Å². The average molecular weight is 241 g/mol. The second-order valence-electron chi connectivity index (χ2n) is 4.10. The number of carbonyl (C=O) groups excluding carboxylic acids is 1. The molecule has 16 heavy (non-hydrogen) atoms. The van der Waals surface area contributed by atoms with E-state index in [1.54, 1.807) is 18.2 Å². The molecule has 0 spiro atoms. The number of carbonyl (C=O) groups is 1. The lowest BCUT2D eigenvalue weighted by molar-refractivity contribution is 0.0968. The lowest BCUT2D eigenvalue weighted by atomic mass is 10.0. The van der Waals surface area contributed by atoms with E-state index in [4.69, 9.17) is 16.3 Å². The van der Waals surface area contributed by atoms with Crippen LogP contribution in [0.2, 0.25) is 5.02 Å². The van der Waals surface area contributed by atoms with E-state index in [9.17, 15) is 4.79 Å². The van der Waals surface area contributed by atoms with Crippen LogP contribution >= 0.6 is 11.6 Å². The Labute approximate surface area is 102 Å². The summed E-state index contributed by atoms with van der Waals surface area (Å²) in [5.74, 6) is 1.11. The van der Waals surface area contributed by atoms with Gasteiger partial charge in [0.1, 0.15) is 5.75 Å². The zero-order valence-corrected chi connectivity index (χ0v) is 10.7. The molecule has 3 heteroatoms. The second-order valence-corrected chi connectivity index (χ2v) is 4.51. The van der Waals surface area contributed by atoms with Gasteiger partial charge in [0, 0.05) is 12.0 Å². The van der Waals surface area contributed by atoms with Crippen LogP contribution in [0, 0.1) is 5.92 Å². The Morgan fingerprint density at radius 1 is 1.44 bits per heavy atom. The van der Waals surface area contributed by atoms with Crippen molar-refractivity contribution in [2.45, 2.75) is 27.2 Å². The van der Waals surface area contributed by atoms with Gasteiger partial charge in [0.2, 0.25) is 0 Å². The molecular formula is C13H17ClO2.